The molecule has 0 saturated heterocycles. The number of carbonyl (C=O) groups excluding carboxylic acids is 1. The highest BCUT2D eigenvalue weighted by Crippen LogP contribution is 2.23. The lowest BCUT2D eigenvalue weighted by atomic mass is 9.97. The van der Waals surface area contributed by atoms with Gasteiger partial charge in [-0.1, -0.05) is 67.1 Å². The Morgan fingerprint density at radius 3 is 2.22 bits per heavy atom. The number of nitrogens with one attached hydrogen (secondary N) is 2. The van der Waals surface area contributed by atoms with Gasteiger partial charge in [0, 0.05) is 6.54 Å². The van der Waals surface area contributed by atoms with Crippen LogP contribution < -0.4 is 10.6 Å². The van der Waals surface area contributed by atoms with Crippen molar-refractivity contribution in [2.24, 2.45) is 0 Å². The molecule has 2 rings (SSSR count). The zero-order chi connectivity index (χ0) is 16.7. The molecule has 3 nitrogen and oxygen atoms in total. The summed E-state index contributed by atoms with van der Waals surface area (Å²) in [6.45, 7) is 6.76. The molecule has 0 aliphatic rings. The van der Waals surface area contributed by atoms with Crippen molar-refractivity contribution in [1.82, 2.24) is 10.6 Å². The van der Waals surface area contributed by atoms with Gasteiger partial charge in [-0.15, -0.1) is 0 Å². The number of hydrogen-bond acceptors (Lipinski definition) is 2. The Kier molecular flexibility index (Phi) is 6.36. The molecule has 23 heavy (non-hydrogen) atoms. The standard InChI is InChI=1S/C20H26N2O/c1-4-14-21-20(23)16(3)22-19(17-8-6-5-7-9-17)18-12-10-15(2)11-13-18/h5-13,16,19,22H,4,14H2,1-3H3,(H,21,23)/t16-,19+/m1/s1. The van der Waals surface area contributed by atoms with Crippen molar-refractivity contribution < 1.29 is 4.79 Å². The molecule has 0 aliphatic heterocycles. The fourth-order valence-electron chi connectivity index (χ4n) is 2.52. The molecule has 2 N–H and O–H groups in total. The van der Waals surface area contributed by atoms with Crippen LogP contribution in [0.3, 0.4) is 0 Å². The van der Waals surface area contributed by atoms with Crippen LogP contribution in [0.4, 0.5) is 0 Å². The maximum Gasteiger partial charge on any atom is 0.236 e. The van der Waals surface area contributed by atoms with E-state index in [-0.39, 0.29) is 18.0 Å². The van der Waals surface area contributed by atoms with Crippen LogP contribution >= 0.6 is 0 Å². The van der Waals surface area contributed by atoms with Crippen LogP contribution in [0.1, 0.15) is 43.0 Å². The van der Waals surface area contributed by atoms with E-state index in [0.29, 0.717) is 6.54 Å². The van der Waals surface area contributed by atoms with Crippen LogP contribution in [0.15, 0.2) is 54.6 Å². The van der Waals surface area contributed by atoms with E-state index >= 15 is 0 Å². The smallest absolute Gasteiger partial charge is 0.236 e. The van der Waals surface area contributed by atoms with Crippen LogP contribution in [0, 0.1) is 6.92 Å². The highest BCUT2D eigenvalue weighted by atomic mass is 16.2. The summed E-state index contributed by atoms with van der Waals surface area (Å²) >= 11 is 0. The van der Waals surface area contributed by atoms with Gasteiger partial charge in [0.05, 0.1) is 12.1 Å². The van der Waals surface area contributed by atoms with Gasteiger partial charge in [0.25, 0.3) is 0 Å². The summed E-state index contributed by atoms with van der Waals surface area (Å²) in [4.78, 5) is 12.2. The zero-order valence-electron chi connectivity index (χ0n) is 14.2. The van der Waals surface area contributed by atoms with E-state index in [0.717, 1.165) is 17.5 Å². The van der Waals surface area contributed by atoms with Gasteiger partial charge in [0.15, 0.2) is 0 Å². The summed E-state index contributed by atoms with van der Waals surface area (Å²) in [6, 6.07) is 18.4. The molecule has 0 unspecified atom stereocenters. The summed E-state index contributed by atoms with van der Waals surface area (Å²) in [7, 11) is 0. The Hall–Kier alpha value is -2.13. The van der Waals surface area contributed by atoms with E-state index in [2.05, 4.69) is 60.9 Å². The lowest BCUT2D eigenvalue weighted by molar-refractivity contribution is -0.122. The molecule has 0 fully saturated rings. The Morgan fingerprint density at radius 2 is 1.61 bits per heavy atom. The van der Waals surface area contributed by atoms with Crippen molar-refractivity contribution in [1.29, 1.82) is 0 Å². The minimum Gasteiger partial charge on any atom is -0.355 e. The summed E-state index contributed by atoms with van der Waals surface area (Å²) in [5.41, 5.74) is 3.55. The van der Waals surface area contributed by atoms with Crippen LogP contribution in [-0.2, 0) is 4.79 Å². The van der Waals surface area contributed by atoms with E-state index in [1.54, 1.807) is 0 Å². The molecule has 0 heterocycles. The predicted octanol–water partition coefficient (Wildman–Crippen LogP) is 3.59. The number of benzene rings is 2. The van der Waals surface area contributed by atoms with Gasteiger partial charge in [-0.3, -0.25) is 10.1 Å². The molecule has 3 heteroatoms. The summed E-state index contributed by atoms with van der Waals surface area (Å²) in [5.74, 6) is 0.0416. The Balaban J connectivity index is 2.20. The van der Waals surface area contributed by atoms with Crippen LogP contribution in [0.25, 0.3) is 0 Å². The first-order valence-corrected chi connectivity index (χ1v) is 8.27. The van der Waals surface area contributed by atoms with Crippen molar-refractivity contribution >= 4 is 5.91 Å². The van der Waals surface area contributed by atoms with Gasteiger partial charge in [0.2, 0.25) is 5.91 Å². The van der Waals surface area contributed by atoms with E-state index in [9.17, 15) is 4.79 Å². The Morgan fingerprint density at radius 1 is 1.00 bits per heavy atom. The normalized spacial score (nSPS) is 13.3. The van der Waals surface area contributed by atoms with Gasteiger partial charge in [0.1, 0.15) is 0 Å². The van der Waals surface area contributed by atoms with Crippen molar-refractivity contribution in [3.63, 3.8) is 0 Å². The van der Waals surface area contributed by atoms with Crippen LogP contribution in [0.2, 0.25) is 0 Å². The fraction of sp³-hybridized carbons (Fsp3) is 0.350. The first kappa shape index (κ1) is 17.2. The number of amides is 1. The van der Waals surface area contributed by atoms with Crippen LogP contribution in [-0.4, -0.2) is 18.5 Å². The molecule has 2 aromatic rings. The average molecular weight is 310 g/mol. The third-order valence-corrected chi connectivity index (χ3v) is 3.90. The molecule has 2 atom stereocenters. The first-order chi connectivity index (χ1) is 11.1. The van der Waals surface area contributed by atoms with Gasteiger partial charge in [-0.25, -0.2) is 0 Å². The summed E-state index contributed by atoms with van der Waals surface area (Å²) < 4.78 is 0. The van der Waals surface area contributed by atoms with E-state index in [4.69, 9.17) is 0 Å². The van der Waals surface area contributed by atoms with Crippen molar-refractivity contribution in [3.05, 3.63) is 71.3 Å². The lowest BCUT2D eigenvalue weighted by Gasteiger charge is -2.24. The largest absolute Gasteiger partial charge is 0.355 e. The second-order valence-electron chi connectivity index (χ2n) is 5.93. The molecular formula is C20H26N2O. The zero-order valence-corrected chi connectivity index (χ0v) is 14.2. The number of rotatable bonds is 7. The van der Waals surface area contributed by atoms with E-state index in [1.807, 2.05) is 25.1 Å². The predicted molar refractivity (Wildman–Crippen MR) is 95.4 cm³/mol. The molecular weight excluding hydrogens is 284 g/mol. The number of aryl methyl sites for hydroxylation is 1. The monoisotopic (exact) mass is 310 g/mol. The topological polar surface area (TPSA) is 41.1 Å². The molecule has 0 saturated carbocycles. The van der Waals surface area contributed by atoms with E-state index < -0.39 is 0 Å². The van der Waals surface area contributed by atoms with Crippen molar-refractivity contribution in [2.75, 3.05) is 6.54 Å². The molecule has 0 aliphatic carbocycles. The first-order valence-electron chi connectivity index (χ1n) is 8.27. The molecule has 0 spiro atoms. The second-order valence-corrected chi connectivity index (χ2v) is 5.93. The number of carbonyl (C=O) groups is 1. The van der Waals surface area contributed by atoms with Gasteiger partial charge < -0.3 is 5.32 Å². The minimum absolute atomic E-state index is 0.000762. The lowest BCUT2D eigenvalue weighted by Crippen LogP contribution is -2.44. The highest BCUT2D eigenvalue weighted by molar-refractivity contribution is 5.81. The Bertz CT molecular complexity index is 607. The molecule has 122 valence electrons. The second kappa shape index (κ2) is 8.49. The maximum absolute atomic E-state index is 12.2. The third-order valence-electron chi connectivity index (χ3n) is 3.90. The average Bonchev–Trinajstić information content (AvgIpc) is 2.59. The quantitative estimate of drug-likeness (QED) is 0.820. The molecule has 2 aromatic carbocycles. The fourth-order valence-corrected chi connectivity index (χ4v) is 2.52. The summed E-state index contributed by atoms with van der Waals surface area (Å²) in [5, 5.41) is 6.41. The maximum atomic E-state index is 12.2. The molecule has 0 bridgehead atoms. The minimum atomic E-state index is -0.256. The third kappa shape index (κ3) is 4.93. The van der Waals surface area contributed by atoms with Crippen molar-refractivity contribution in [3.8, 4) is 0 Å². The van der Waals surface area contributed by atoms with E-state index in [1.165, 1.54) is 5.56 Å². The SMILES string of the molecule is CCCNC(=O)[C@@H](C)N[C@@H](c1ccccc1)c1ccc(C)cc1. The Labute approximate surface area is 139 Å². The van der Waals surface area contributed by atoms with Crippen molar-refractivity contribution in [2.45, 2.75) is 39.3 Å². The number of hydrogen-bond donors (Lipinski definition) is 2. The highest BCUT2D eigenvalue weighted by Gasteiger charge is 2.20. The van der Waals surface area contributed by atoms with Gasteiger partial charge in [-0.05, 0) is 31.4 Å². The summed E-state index contributed by atoms with van der Waals surface area (Å²) in [6.07, 6.45) is 0.943. The molecule has 0 radical (unpaired) electrons. The molecule has 1 amide bonds. The van der Waals surface area contributed by atoms with Crippen LogP contribution in [0.5, 0.6) is 0 Å². The van der Waals surface area contributed by atoms with Gasteiger partial charge >= 0.3 is 0 Å². The van der Waals surface area contributed by atoms with Gasteiger partial charge in [-0.2, -0.15) is 0 Å². The molecule has 0 aromatic heterocycles.